The molecule has 0 aliphatic rings. The number of aromatic nitrogens is 1. The summed E-state index contributed by atoms with van der Waals surface area (Å²) in [7, 11) is 1.54. The van der Waals surface area contributed by atoms with Gasteiger partial charge in [-0.1, -0.05) is 37.3 Å². The van der Waals surface area contributed by atoms with Gasteiger partial charge < -0.3 is 14.8 Å². The number of aryl methyl sites for hydroxylation is 1. The van der Waals surface area contributed by atoms with Crippen molar-refractivity contribution in [3.8, 4) is 17.4 Å². The third-order valence-corrected chi connectivity index (χ3v) is 3.91. The van der Waals surface area contributed by atoms with Gasteiger partial charge in [-0.05, 0) is 36.2 Å². The van der Waals surface area contributed by atoms with E-state index in [9.17, 15) is 4.79 Å². The van der Waals surface area contributed by atoms with Crippen molar-refractivity contribution in [3.05, 3.63) is 78.0 Å². The van der Waals surface area contributed by atoms with Gasteiger partial charge in [0.25, 0.3) is 5.91 Å². The lowest BCUT2D eigenvalue weighted by molar-refractivity contribution is 0.102. The number of pyridine rings is 1. The second kappa shape index (κ2) is 8.16. The van der Waals surface area contributed by atoms with Gasteiger partial charge in [-0.15, -0.1) is 0 Å². The van der Waals surface area contributed by atoms with E-state index < -0.39 is 0 Å². The third kappa shape index (κ3) is 4.00. The summed E-state index contributed by atoms with van der Waals surface area (Å²) in [6.45, 7) is 2.08. The van der Waals surface area contributed by atoms with Crippen molar-refractivity contribution in [1.29, 1.82) is 0 Å². The van der Waals surface area contributed by atoms with Crippen LogP contribution in [0.1, 0.15) is 22.8 Å². The van der Waals surface area contributed by atoms with Gasteiger partial charge in [0, 0.05) is 6.07 Å². The van der Waals surface area contributed by atoms with Crippen LogP contribution in [0.5, 0.6) is 17.4 Å². The molecule has 0 spiro atoms. The average molecular weight is 348 g/mol. The highest BCUT2D eigenvalue weighted by Gasteiger charge is 2.12. The Labute approximate surface area is 152 Å². The first-order valence-electron chi connectivity index (χ1n) is 8.37. The number of para-hydroxylation sites is 2. The van der Waals surface area contributed by atoms with E-state index in [1.54, 1.807) is 36.5 Å². The highest BCUT2D eigenvalue weighted by atomic mass is 16.5. The number of amides is 1. The average Bonchev–Trinajstić information content (AvgIpc) is 2.69. The molecule has 132 valence electrons. The van der Waals surface area contributed by atoms with Crippen LogP contribution in [0.2, 0.25) is 0 Å². The van der Waals surface area contributed by atoms with Crippen LogP contribution in [0.25, 0.3) is 0 Å². The standard InChI is InChI=1S/C21H20N2O3/c1-3-15-8-4-6-10-18(15)26-20-13-12-16(14-22-20)23-21(24)17-9-5-7-11-19(17)25-2/h4-14H,3H2,1-2H3,(H,23,24). The molecule has 1 amide bonds. The number of methoxy groups -OCH3 is 1. The van der Waals surface area contributed by atoms with E-state index in [1.807, 2.05) is 30.3 Å². The summed E-state index contributed by atoms with van der Waals surface area (Å²) in [6.07, 6.45) is 2.44. The maximum absolute atomic E-state index is 12.4. The summed E-state index contributed by atoms with van der Waals surface area (Å²) >= 11 is 0. The second-order valence-electron chi connectivity index (χ2n) is 5.60. The molecule has 0 saturated carbocycles. The molecule has 1 heterocycles. The SMILES string of the molecule is CCc1ccccc1Oc1ccc(NC(=O)c2ccccc2OC)cn1. The normalized spacial score (nSPS) is 10.2. The highest BCUT2D eigenvalue weighted by Crippen LogP contribution is 2.25. The van der Waals surface area contributed by atoms with Crippen molar-refractivity contribution in [1.82, 2.24) is 4.98 Å². The van der Waals surface area contributed by atoms with Gasteiger partial charge in [-0.2, -0.15) is 0 Å². The summed E-state index contributed by atoms with van der Waals surface area (Å²) in [5.41, 5.74) is 2.16. The smallest absolute Gasteiger partial charge is 0.259 e. The third-order valence-electron chi connectivity index (χ3n) is 3.91. The van der Waals surface area contributed by atoms with Gasteiger partial charge in [0.2, 0.25) is 5.88 Å². The molecule has 5 nitrogen and oxygen atoms in total. The fourth-order valence-electron chi connectivity index (χ4n) is 2.55. The van der Waals surface area contributed by atoms with E-state index in [0.29, 0.717) is 22.9 Å². The molecule has 5 heteroatoms. The monoisotopic (exact) mass is 348 g/mol. The van der Waals surface area contributed by atoms with Crippen LogP contribution in [0.15, 0.2) is 66.9 Å². The van der Waals surface area contributed by atoms with Gasteiger partial charge in [0.1, 0.15) is 11.5 Å². The van der Waals surface area contributed by atoms with Gasteiger partial charge in [-0.25, -0.2) is 4.98 Å². The van der Waals surface area contributed by atoms with E-state index in [1.165, 1.54) is 7.11 Å². The molecule has 2 aromatic carbocycles. The maximum atomic E-state index is 12.4. The van der Waals surface area contributed by atoms with Gasteiger partial charge in [-0.3, -0.25) is 4.79 Å². The first kappa shape index (κ1) is 17.5. The molecule has 0 bridgehead atoms. The van der Waals surface area contributed by atoms with Gasteiger partial charge in [0.15, 0.2) is 0 Å². The summed E-state index contributed by atoms with van der Waals surface area (Å²) in [4.78, 5) is 16.7. The Morgan fingerprint density at radius 3 is 2.42 bits per heavy atom. The fourth-order valence-corrected chi connectivity index (χ4v) is 2.55. The first-order chi connectivity index (χ1) is 12.7. The van der Waals surface area contributed by atoms with Crippen LogP contribution < -0.4 is 14.8 Å². The predicted molar refractivity (Wildman–Crippen MR) is 101 cm³/mol. The molecule has 0 aliphatic heterocycles. The Morgan fingerprint density at radius 2 is 1.73 bits per heavy atom. The Balaban J connectivity index is 1.71. The van der Waals surface area contributed by atoms with Crippen LogP contribution >= 0.6 is 0 Å². The first-order valence-corrected chi connectivity index (χ1v) is 8.37. The molecule has 0 unspecified atom stereocenters. The van der Waals surface area contributed by atoms with E-state index in [4.69, 9.17) is 9.47 Å². The number of benzene rings is 2. The lowest BCUT2D eigenvalue weighted by Gasteiger charge is -2.11. The molecule has 1 aromatic heterocycles. The topological polar surface area (TPSA) is 60.5 Å². The Bertz CT molecular complexity index is 892. The van der Waals surface area contributed by atoms with Crippen molar-refractivity contribution in [2.45, 2.75) is 13.3 Å². The Hall–Kier alpha value is -3.34. The quantitative estimate of drug-likeness (QED) is 0.701. The van der Waals surface area contributed by atoms with Crippen LogP contribution in [-0.4, -0.2) is 18.0 Å². The minimum atomic E-state index is -0.255. The van der Waals surface area contributed by atoms with Crippen molar-refractivity contribution in [3.63, 3.8) is 0 Å². The molecule has 3 rings (SSSR count). The zero-order valence-electron chi connectivity index (χ0n) is 14.7. The number of nitrogens with one attached hydrogen (secondary N) is 1. The number of rotatable bonds is 6. The van der Waals surface area contributed by atoms with Crippen LogP contribution in [0, 0.1) is 0 Å². The number of carbonyl (C=O) groups excluding carboxylic acids is 1. The number of nitrogens with zero attached hydrogens (tertiary/aromatic N) is 1. The number of hydrogen-bond acceptors (Lipinski definition) is 4. The van der Waals surface area contributed by atoms with Crippen LogP contribution in [-0.2, 0) is 6.42 Å². The van der Waals surface area contributed by atoms with Crippen molar-refractivity contribution >= 4 is 11.6 Å². The van der Waals surface area contributed by atoms with Crippen LogP contribution in [0.4, 0.5) is 5.69 Å². The molecule has 0 atom stereocenters. The van der Waals surface area contributed by atoms with E-state index in [2.05, 4.69) is 17.2 Å². The molecular formula is C21H20N2O3. The lowest BCUT2D eigenvalue weighted by atomic mass is 10.1. The summed E-state index contributed by atoms with van der Waals surface area (Å²) in [5, 5.41) is 2.81. The van der Waals surface area contributed by atoms with Crippen molar-refractivity contribution < 1.29 is 14.3 Å². The molecule has 26 heavy (non-hydrogen) atoms. The van der Waals surface area contributed by atoms with E-state index in [-0.39, 0.29) is 5.91 Å². The van der Waals surface area contributed by atoms with E-state index in [0.717, 1.165) is 17.7 Å². The molecule has 0 radical (unpaired) electrons. The molecule has 0 fully saturated rings. The molecule has 0 saturated heterocycles. The summed E-state index contributed by atoms with van der Waals surface area (Å²) in [5.74, 6) is 1.53. The molecule has 3 aromatic rings. The Kier molecular flexibility index (Phi) is 5.49. The van der Waals surface area contributed by atoms with Crippen LogP contribution in [0.3, 0.4) is 0 Å². The van der Waals surface area contributed by atoms with Gasteiger partial charge >= 0.3 is 0 Å². The highest BCUT2D eigenvalue weighted by molar-refractivity contribution is 6.06. The molecule has 0 aliphatic carbocycles. The number of anilines is 1. The number of ether oxygens (including phenoxy) is 2. The second-order valence-corrected chi connectivity index (χ2v) is 5.60. The predicted octanol–water partition coefficient (Wildman–Crippen LogP) is 4.70. The largest absolute Gasteiger partial charge is 0.496 e. The van der Waals surface area contributed by atoms with Gasteiger partial charge in [0.05, 0.1) is 24.6 Å². The summed E-state index contributed by atoms with van der Waals surface area (Å²) in [6, 6.07) is 18.4. The van der Waals surface area contributed by atoms with Crippen molar-refractivity contribution in [2.75, 3.05) is 12.4 Å². The number of hydrogen-bond donors (Lipinski definition) is 1. The minimum absolute atomic E-state index is 0.255. The van der Waals surface area contributed by atoms with Crippen molar-refractivity contribution in [2.24, 2.45) is 0 Å². The number of carbonyl (C=O) groups is 1. The fraction of sp³-hybridized carbons (Fsp3) is 0.143. The Morgan fingerprint density at radius 1 is 1.00 bits per heavy atom. The zero-order chi connectivity index (χ0) is 18.4. The molecular weight excluding hydrogens is 328 g/mol. The maximum Gasteiger partial charge on any atom is 0.259 e. The lowest BCUT2D eigenvalue weighted by Crippen LogP contribution is -2.13. The minimum Gasteiger partial charge on any atom is -0.496 e. The van der Waals surface area contributed by atoms with E-state index >= 15 is 0 Å². The zero-order valence-corrected chi connectivity index (χ0v) is 14.7. The molecule has 1 N–H and O–H groups in total. The summed E-state index contributed by atoms with van der Waals surface area (Å²) < 4.78 is 11.1.